The minimum Gasteiger partial charge on any atom is -0.478 e. The highest BCUT2D eigenvalue weighted by Gasteiger charge is 2.14. The van der Waals surface area contributed by atoms with Crippen molar-refractivity contribution in [2.75, 3.05) is 6.54 Å². The van der Waals surface area contributed by atoms with Crippen molar-refractivity contribution in [2.24, 2.45) is 0 Å². The summed E-state index contributed by atoms with van der Waals surface area (Å²) in [6.45, 7) is 6.88. The lowest BCUT2D eigenvalue weighted by molar-refractivity contribution is -0.121. The fourth-order valence-electron chi connectivity index (χ4n) is 2.57. The van der Waals surface area contributed by atoms with Crippen molar-refractivity contribution in [1.82, 2.24) is 10.6 Å². The molecule has 2 aromatic carbocycles. The van der Waals surface area contributed by atoms with E-state index in [4.69, 9.17) is 5.11 Å². The van der Waals surface area contributed by atoms with E-state index in [0.717, 1.165) is 11.1 Å². The van der Waals surface area contributed by atoms with Crippen LogP contribution in [0.25, 0.3) is 0 Å². The first-order valence-electron chi connectivity index (χ1n) is 9.14. The summed E-state index contributed by atoms with van der Waals surface area (Å²) >= 11 is 0. The van der Waals surface area contributed by atoms with Gasteiger partial charge in [0.1, 0.15) is 0 Å². The van der Waals surface area contributed by atoms with Crippen LogP contribution in [0.5, 0.6) is 0 Å². The average Bonchev–Trinajstić information content (AvgIpc) is 2.66. The highest BCUT2D eigenvalue weighted by molar-refractivity contribution is 5.94. The van der Waals surface area contributed by atoms with Gasteiger partial charge >= 0.3 is 5.97 Å². The number of nitrogens with one attached hydrogen (secondary N) is 2. The first-order chi connectivity index (χ1) is 13.2. The maximum absolute atomic E-state index is 12.2. The van der Waals surface area contributed by atoms with Crippen molar-refractivity contribution in [3.05, 3.63) is 70.8 Å². The smallest absolute Gasteiger partial charge is 0.335 e. The molecular weight excluding hydrogens is 356 g/mol. The predicted octanol–water partition coefficient (Wildman–Crippen LogP) is 3.12. The molecule has 148 valence electrons. The molecule has 0 heterocycles. The number of carbonyl (C=O) groups excluding carboxylic acids is 2. The summed E-state index contributed by atoms with van der Waals surface area (Å²) in [7, 11) is 0. The van der Waals surface area contributed by atoms with Gasteiger partial charge in [0.25, 0.3) is 5.91 Å². The van der Waals surface area contributed by atoms with Crippen LogP contribution >= 0.6 is 0 Å². The van der Waals surface area contributed by atoms with Crippen LogP contribution in [-0.2, 0) is 16.8 Å². The van der Waals surface area contributed by atoms with Gasteiger partial charge in [-0.2, -0.15) is 0 Å². The summed E-state index contributed by atoms with van der Waals surface area (Å²) in [6, 6.07) is 13.8. The Labute approximate surface area is 165 Å². The Kier molecular flexibility index (Phi) is 6.93. The molecule has 0 unspecified atom stereocenters. The van der Waals surface area contributed by atoms with E-state index in [1.54, 1.807) is 24.3 Å². The number of hydrogen-bond acceptors (Lipinski definition) is 3. The highest BCUT2D eigenvalue weighted by atomic mass is 16.4. The van der Waals surface area contributed by atoms with Crippen molar-refractivity contribution < 1.29 is 19.5 Å². The number of carboxylic acid groups (broad SMARTS) is 1. The summed E-state index contributed by atoms with van der Waals surface area (Å²) in [4.78, 5) is 34.9. The lowest BCUT2D eigenvalue weighted by Crippen LogP contribution is -2.30. The van der Waals surface area contributed by atoms with Gasteiger partial charge < -0.3 is 15.7 Å². The van der Waals surface area contributed by atoms with Crippen molar-refractivity contribution in [3.8, 4) is 0 Å². The SMILES string of the molecule is CC(C)(C)c1ccc(C(=O)NCCC(=O)NCc2ccc(C(=O)O)cc2)cc1. The van der Waals surface area contributed by atoms with Crippen molar-refractivity contribution >= 4 is 17.8 Å². The molecule has 2 amide bonds. The third-order valence-corrected chi connectivity index (χ3v) is 4.34. The molecular formula is C22H26N2O4. The van der Waals surface area contributed by atoms with E-state index in [0.29, 0.717) is 12.1 Å². The van der Waals surface area contributed by atoms with Crippen LogP contribution in [0.2, 0.25) is 0 Å². The van der Waals surface area contributed by atoms with Crippen LogP contribution in [0, 0.1) is 0 Å². The van der Waals surface area contributed by atoms with E-state index < -0.39 is 5.97 Å². The van der Waals surface area contributed by atoms with Crippen LogP contribution in [0.4, 0.5) is 0 Å². The lowest BCUT2D eigenvalue weighted by Gasteiger charge is -2.19. The van der Waals surface area contributed by atoms with Crippen LogP contribution < -0.4 is 10.6 Å². The molecule has 28 heavy (non-hydrogen) atoms. The normalized spacial score (nSPS) is 11.0. The molecule has 0 fully saturated rings. The predicted molar refractivity (Wildman–Crippen MR) is 107 cm³/mol. The summed E-state index contributed by atoms with van der Waals surface area (Å²) in [5, 5.41) is 14.4. The Morgan fingerprint density at radius 1 is 0.857 bits per heavy atom. The molecule has 3 N–H and O–H groups in total. The first-order valence-corrected chi connectivity index (χ1v) is 9.14. The second kappa shape index (κ2) is 9.17. The van der Waals surface area contributed by atoms with Crippen molar-refractivity contribution in [1.29, 1.82) is 0 Å². The van der Waals surface area contributed by atoms with E-state index in [-0.39, 0.29) is 35.8 Å². The molecule has 0 spiro atoms. The molecule has 0 aromatic heterocycles. The summed E-state index contributed by atoms with van der Waals surface area (Å²) in [6.07, 6.45) is 0.166. The lowest BCUT2D eigenvalue weighted by atomic mass is 9.87. The molecule has 0 aliphatic heterocycles. The van der Waals surface area contributed by atoms with E-state index >= 15 is 0 Å². The van der Waals surface area contributed by atoms with E-state index in [1.165, 1.54) is 12.1 Å². The fourth-order valence-corrected chi connectivity index (χ4v) is 2.57. The van der Waals surface area contributed by atoms with Gasteiger partial charge in [0.2, 0.25) is 5.91 Å². The zero-order chi connectivity index (χ0) is 20.7. The first kappa shape index (κ1) is 21.2. The molecule has 6 nitrogen and oxygen atoms in total. The summed E-state index contributed by atoms with van der Waals surface area (Å²) in [5.74, 6) is -1.39. The fraction of sp³-hybridized carbons (Fsp3) is 0.318. The highest BCUT2D eigenvalue weighted by Crippen LogP contribution is 2.22. The minimum absolute atomic E-state index is 0.0288. The average molecular weight is 382 g/mol. The third-order valence-electron chi connectivity index (χ3n) is 4.34. The summed E-state index contributed by atoms with van der Waals surface area (Å²) < 4.78 is 0. The number of carbonyl (C=O) groups is 3. The van der Waals surface area contributed by atoms with Crippen LogP contribution in [-0.4, -0.2) is 29.4 Å². The van der Waals surface area contributed by atoms with Crippen LogP contribution in [0.15, 0.2) is 48.5 Å². The second-order valence-electron chi connectivity index (χ2n) is 7.61. The van der Waals surface area contributed by atoms with Gasteiger partial charge in [0.05, 0.1) is 5.56 Å². The van der Waals surface area contributed by atoms with E-state index in [1.807, 2.05) is 12.1 Å². The second-order valence-corrected chi connectivity index (χ2v) is 7.61. The Hall–Kier alpha value is -3.15. The number of amides is 2. The van der Waals surface area contributed by atoms with Gasteiger partial charge in [-0.25, -0.2) is 4.79 Å². The maximum Gasteiger partial charge on any atom is 0.335 e. The minimum atomic E-state index is -0.987. The molecule has 0 saturated carbocycles. The molecule has 0 saturated heterocycles. The van der Waals surface area contributed by atoms with Crippen molar-refractivity contribution in [3.63, 3.8) is 0 Å². The van der Waals surface area contributed by atoms with Gasteiger partial charge in [-0.05, 0) is 40.8 Å². The van der Waals surface area contributed by atoms with Gasteiger partial charge in [0, 0.05) is 25.1 Å². The third kappa shape index (κ3) is 6.23. The van der Waals surface area contributed by atoms with E-state index in [2.05, 4.69) is 31.4 Å². The van der Waals surface area contributed by atoms with Gasteiger partial charge in [-0.15, -0.1) is 0 Å². The number of hydrogen-bond donors (Lipinski definition) is 3. The number of carboxylic acids is 1. The molecule has 0 radical (unpaired) electrons. The zero-order valence-corrected chi connectivity index (χ0v) is 16.4. The molecule has 0 atom stereocenters. The Balaban J connectivity index is 1.74. The monoisotopic (exact) mass is 382 g/mol. The quantitative estimate of drug-likeness (QED) is 0.686. The molecule has 2 rings (SSSR count). The Bertz CT molecular complexity index is 834. The molecule has 0 aliphatic carbocycles. The zero-order valence-electron chi connectivity index (χ0n) is 16.4. The molecule has 0 aliphatic rings. The van der Waals surface area contributed by atoms with Crippen molar-refractivity contribution in [2.45, 2.75) is 39.2 Å². The van der Waals surface area contributed by atoms with Gasteiger partial charge in [-0.1, -0.05) is 45.0 Å². The largest absolute Gasteiger partial charge is 0.478 e. The molecule has 2 aromatic rings. The topological polar surface area (TPSA) is 95.5 Å². The van der Waals surface area contributed by atoms with E-state index in [9.17, 15) is 14.4 Å². The van der Waals surface area contributed by atoms with Crippen LogP contribution in [0.1, 0.15) is 59.0 Å². The Morgan fingerprint density at radius 3 is 1.96 bits per heavy atom. The van der Waals surface area contributed by atoms with Crippen LogP contribution in [0.3, 0.4) is 0 Å². The maximum atomic E-state index is 12.2. The molecule has 0 bridgehead atoms. The number of aromatic carboxylic acids is 1. The number of benzene rings is 2. The van der Waals surface area contributed by atoms with Gasteiger partial charge in [-0.3, -0.25) is 9.59 Å². The number of rotatable bonds is 7. The van der Waals surface area contributed by atoms with Gasteiger partial charge in [0.15, 0.2) is 0 Å². The standard InChI is InChI=1S/C22H26N2O4/c1-22(2,3)18-10-8-16(9-11-18)20(26)23-13-12-19(25)24-14-15-4-6-17(7-5-15)21(27)28/h4-11H,12-14H2,1-3H3,(H,23,26)(H,24,25)(H,27,28). The Morgan fingerprint density at radius 2 is 1.43 bits per heavy atom. The molecule has 6 heteroatoms. The summed E-state index contributed by atoms with van der Waals surface area (Å²) in [5.41, 5.74) is 2.75.